The highest BCUT2D eigenvalue weighted by Crippen LogP contribution is 2.23. The maximum absolute atomic E-state index is 13.3. The van der Waals surface area contributed by atoms with Gasteiger partial charge in [-0.25, -0.2) is 9.18 Å². The summed E-state index contributed by atoms with van der Waals surface area (Å²) in [6, 6.07) is 14.5. The number of amides is 2. The van der Waals surface area contributed by atoms with Crippen molar-refractivity contribution in [2.75, 3.05) is 25.1 Å². The van der Waals surface area contributed by atoms with E-state index in [4.69, 9.17) is 4.74 Å². The molecule has 2 N–H and O–H groups in total. The Labute approximate surface area is 146 Å². The van der Waals surface area contributed by atoms with Crippen molar-refractivity contribution in [3.63, 3.8) is 0 Å². The van der Waals surface area contributed by atoms with Gasteiger partial charge in [0, 0.05) is 18.7 Å². The van der Waals surface area contributed by atoms with Gasteiger partial charge in [0.25, 0.3) is 0 Å². The fraction of sp³-hybridized carbons (Fsp3) is 0.316. The first-order chi connectivity index (χ1) is 12.1. The SMILES string of the molecule is O=C(Nc1cccc(F)c1)N1CCOCC1CC(O)c1ccccc1. The Kier molecular flexibility index (Phi) is 5.63. The summed E-state index contributed by atoms with van der Waals surface area (Å²) in [4.78, 5) is 14.2. The van der Waals surface area contributed by atoms with E-state index in [0.717, 1.165) is 5.56 Å². The number of rotatable bonds is 4. The third-order valence-corrected chi connectivity index (χ3v) is 4.24. The molecule has 132 valence electrons. The molecule has 25 heavy (non-hydrogen) atoms. The highest BCUT2D eigenvalue weighted by atomic mass is 19.1. The summed E-state index contributed by atoms with van der Waals surface area (Å²) in [5, 5.41) is 13.1. The van der Waals surface area contributed by atoms with Crippen molar-refractivity contribution >= 4 is 11.7 Å². The van der Waals surface area contributed by atoms with Crippen LogP contribution in [0.15, 0.2) is 54.6 Å². The number of carbonyl (C=O) groups excluding carboxylic acids is 1. The number of urea groups is 1. The lowest BCUT2D eigenvalue weighted by molar-refractivity contribution is -0.00427. The van der Waals surface area contributed by atoms with E-state index in [0.29, 0.717) is 31.9 Å². The van der Waals surface area contributed by atoms with Crippen LogP contribution >= 0.6 is 0 Å². The van der Waals surface area contributed by atoms with Crippen molar-refractivity contribution in [2.45, 2.75) is 18.6 Å². The van der Waals surface area contributed by atoms with Gasteiger partial charge in [0.15, 0.2) is 0 Å². The average Bonchev–Trinajstić information content (AvgIpc) is 2.63. The third kappa shape index (κ3) is 4.55. The van der Waals surface area contributed by atoms with Crippen molar-refractivity contribution < 1.29 is 19.0 Å². The van der Waals surface area contributed by atoms with Gasteiger partial charge in [-0.15, -0.1) is 0 Å². The summed E-state index contributed by atoms with van der Waals surface area (Å²) in [5.74, 6) is -0.407. The number of morpholine rings is 1. The summed E-state index contributed by atoms with van der Waals surface area (Å²) in [7, 11) is 0. The number of nitrogens with zero attached hydrogens (tertiary/aromatic N) is 1. The monoisotopic (exact) mass is 344 g/mol. The molecular weight excluding hydrogens is 323 g/mol. The highest BCUT2D eigenvalue weighted by molar-refractivity contribution is 5.89. The van der Waals surface area contributed by atoms with E-state index in [-0.39, 0.29) is 12.1 Å². The molecule has 2 amide bonds. The van der Waals surface area contributed by atoms with Crippen LogP contribution in [0.2, 0.25) is 0 Å². The van der Waals surface area contributed by atoms with Crippen LogP contribution in [0.3, 0.4) is 0 Å². The second-order valence-corrected chi connectivity index (χ2v) is 6.02. The van der Waals surface area contributed by atoms with Gasteiger partial charge in [0.2, 0.25) is 0 Å². The molecule has 0 saturated carbocycles. The Balaban J connectivity index is 1.67. The van der Waals surface area contributed by atoms with Crippen LogP contribution in [0.1, 0.15) is 18.1 Å². The van der Waals surface area contributed by atoms with Crippen LogP contribution in [0, 0.1) is 5.82 Å². The molecule has 1 aliphatic heterocycles. The molecule has 1 heterocycles. The molecule has 2 aromatic rings. The average molecular weight is 344 g/mol. The number of halogens is 1. The van der Waals surface area contributed by atoms with Crippen LogP contribution in [0.25, 0.3) is 0 Å². The van der Waals surface area contributed by atoms with E-state index in [2.05, 4.69) is 5.32 Å². The van der Waals surface area contributed by atoms with Gasteiger partial charge in [-0.3, -0.25) is 0 Å². The topological polar surface area (TPSA) is 61.8 Å². The minimum atomic E-state index is -0.683. The fourth-order valence-corrected chi connectivity index (χ4v) is 2.95. The van der Waals surface area contributed by atoms with Gasteiger partial charge in [0.05, 0.1) is 25.4 Å². The van der Waals surface area contributed by atoms with E-state index in [1.165, 1.54) is 12.1 Å². The summed E-state index contributed by atoms with van der Waals surface area (Å²) >= 11 is 0. The number of ether oxygens (including phenoxy) is 1. The van der Waals surface area contributed by atoms with Gasteiger partial charge in [-0.1, -0.05) is 36.4 Å². The molecular formula is C19H21FN2O3. The number of hydrogen-bond donors (Lipinski definition) is 2. The molecule has 6 heteroatoms. The van der Waals surface area contributed by atoms with Gasteiger partial charge in [0.1, 0.15) is 5.82 Å². The van der Waals surface area contributed by atoms with Crippen LogP contribution in [0.4, 0.5) is 14.9 Å². The molecule has 5 nitrogen and oxygen atoms in total. The molecule has 2 aromatic carbocycles. The van der Waals surface area contributed by atoms with Crippen LogP contribution < -0.4 is 5.32 Å². The lowest BCUT2D eigenvalue weighted by Crippen LogP contribution is -2.50. The second-order valence-electron chi connectivity index (χ2n) is 6.02. The van der Waals surface area contributed by atoms with Gasteiger partial charge in [-0.2, -0.15) is 0 Å². The Morgan fingerprint density at radius 2 is 2.08 bits per heavy atom. The number of aliphatic hydroxyl groups is 1. The summed E-state index contributed by atoms with van der Waals surface area (Å²) in [6.45, 7) is 1.22. The number of anilines is 1. The first-order valence-electron chi connectivity index (χ1n) is 8.27. The van der Waals surface area contributed by atoms with Crippen molar-refractivity contribution in [3.05, 3.63) is 66.0 Å². The molecule has 2 unspecified atom stereocenters. The lowest BCUT2D eigenvalue weighted by Gasteiger charge is -2.36. The molecule has 0 aliphatic carbocycles. The van der Waals surface area contributed by atoms with E-state index in [1.54, 1.807) is 17.0 Å². The van der Waals surface area contributed by atoms with E-state index in [9.17, 15) is 14.3 Å². The molecule has 0 bridgehead atoms. The van der Waals surface area contributed by atoms with Crippen molar-refractivity contribution in [1.29, 1.82) is 0 Å². The number of benzene rings is 2. The zero-order valence-corrected chi connectivity index (χ0v) is 13.8. The molecule has 0 radical (unpaired) electrons. The molecule has 1 aliphatic rings. The summed E-state index contributed by atoms with van der Waals surface area (Å²) in [6.07, 6.45) is -0.307. The Morgan fingerprint density at radius 3 is 2.84 bits per heavy atom. The van der Waals surface area contributed by atoms with Crippen LogP contribution in [-0.4, -0.2) is 41.8 Å². The maximum Gasteiger partial charge on any atom is 0.322 e. The first kappa shape index (κ1) is 17.4. The predicted molar refractivity (Wildman–Crippen MR) is 92.8 cm³/mol. The standard InChI is InChI=1S/C19H21FN2O3/c20-15-7-4-8-16(11-15)21-19(24)22-9-10-25-13-17(22)12-18(23)14-5-2-1-3-6-14/h1-8,11,17-18,23H,9-10,12-13H2,(H,21,24). The summed E-state index contributed by atoms with van der Waals surface area (Å²) < 4.78 is 18.8. The number of carbonyl (C=O) groups is 1. The van der Waals surface area contributed by atoms with Gasteiger partial charge in [-0.05, 0) is 23.8 Å². The number of hydrogen-bond acceptors (Lipinski definition) is 3. The largest absolute Gasteiger partial charge is 0.388 e. The minimum Gasteiger partial charge on any atom is -0.388 e. The Bertz CT molecular complexity index is 711. The first-order valence-corrected chi connectivity index (χ1v) is 8.27. The second kappa shape index (κ2) is 8.09. The number of aliphatic hydroxyl groups excluding tert-OH is 1. The van der Waals surface area contributed by atoms with Crippen LogP contribution in [0.5, 0.6) is 0 Å². The molecule has 3 rings (SSSR count). The van der Waals surface area contributed by atoms with Crippen molar-refractivity contribution in [3.8, 4) is 0 Å². The normalized spacial score (nSPS) is 18.6. The van der Waals surface area contributed by atoms with Gasteiger partial charge >= 0.3 is 6.03 Å². The van der Waals surface area contributed by atoms with Gasteiger partial charge < -0.3 is 20.1 Å². The number of nitrogens with one attached hydrogen (secondary N) is 1. The molecule has 0 aromatic heterocycles. The van der Waals surface area contributed by atoms with E-state index < -0.39 is 11.9 Å². The molecule has 1 saturated heterocycles. The minimum absolute atomic E-state index is 0.252. The smallest absolute Gasteiger partial charge is 0.322 e. The molecule has 2 atom stereocenters. The Morgan fingerprint density at radius 1 is 1.28 bits per heavy atom. The van der Waals surface area contributed by atoms with Crippen molar-refractivity contribution in [1.82, 2.24) is 4.90 Å². The predicted octanol–water partition coefficient (Wildman–Crippen LogP) is 3.18. The van der Waals surface area contributed by atoms with E-state index in [1.807, 2.05) is 30.3 Å². The molecule has 0 spiro atoms. The quantitative estimate of drug-likeness (QED) is 0.895. The maximum atomic E-state index is 13.3. The zero-order valence-electron chi connectivity index (χ0n) is 13.8. The fourth-order valence-electron chi connectivity index (χ4n) is 2.95. The Hall–Kier alpha value is -2.44. The van der Waals surface area contributed by atoms with E-state index >= 15 is 0 Å². The van der Waals surface area contributed by atoms with Crippen LogP contribution in [-0.2, 0) is 4.74 Å². The lowest BCUT2D eigenvalue weighted by atomic mass is 10.0. The highest BCUT2D eigenvalue weighted by Gasteiger charge is 2.29. The third-order valence-electron chi connectivity index (χ3n) is 4.24. The van der Waals surface area contributed by atoms with Crippen molar-refractivity contribution in [2.24, 2.45) is 0 Å². The zero-order chi connectivity index (χ0) is 17.6. The molecule has 1 fully saturated rings. The summed E-state index contributed by atoms with van der Waals surface area (Å²) in [5.41, 5.74) is 1.21.